The molecule has 2 aromatic rings. The molecule has 0 aromatic heterocycles. The van der Waals surface area contributed by atoms with Crippen molar-refractivity contribution in [1.82, 2.24) is 0 Å². The maximum Gasteiger partial charge on any atom is 0.124 e. The molecule has 0 aliphatic heterocycles. The molecule has 5 heteroatoms. The summed E-state index contributed by atoms with van der Waals surface area (Å²) in [5, 5.41) is 1.25. The minimum atomic E-state index is -0.373. The Kier molecular flexibility index (Phi) is 4.74. The molecule has 19 heavy (non-hydrogen) atoms. The van der Waals surface area contributed by atoms with Gasteiger partial charge in [0.05, 0.1) is 13.2 Å². The van der Waals surface area contributed by atoms with Crippen molar-refractivity contribution in [3.05, 3.63) is 62.0 Å². The summed E-state index contributed by atoms with van der Waals surface area (Å²) in [6, 6.07) is 10.5. The topological polar surface area (TPSA) is 35.2 Å². The van der Waals surface area contributed by atoms with E-state index < -0.39 is 0 Å². The first-order valence-corrected chi connectivity index (χ1v) is 7.11. The summed E-state index contributed by atoms with van der Waals surface area (Å²) in [6.45, 7) is 0. The van der Waals surface area contributed by atoms with Gasteiger partial charge in [0.1, 0.15) is 5.75 Å². The van der Waals surface area contributed by atoms with Gasteiger partial charge < -0.3 is 10.5 Å². The first kappa shape index (κ1) is 14.7. The van der Waals surface area contributed by atoms with Gasteiger partial charge in [0.2, 0.25) is 0 Å². The van der Waals surface area contributed by atoms with Crippen molar-refractivity contribution in [2.75, 3.05) is 7.11 Å². The summed E-state index contributed by atoms with van der Waals surface area (Å²) in [5.74, 6) is 0.698. The lowest BCUT2D eigenvalue weighted by Gasteiger charge is -2.18. The van der Waals surface area contributed by atoms with Gasteiger partial charge in [0, 0.05) is 20.1 Å². The average molecular weight is 361 g/mol. The van der Waals surface area contributed by atoms with E-state index in [1.807, 2.05) is 12.1 Å². The monoisotopic (exact) mass is 359 g/mol. The lowest BCUT2D eigenvalue weighted by Crippen LogP contribution is -2.13. The van der Waals surface area contributed by atoms with Crippen molar-refractivity contribution in [3.8, 4) is 5.75 Å². The predicted octanol–water partition coefficient (Wildman–Crippen LogP) is 4.81. The van der Waals surface area contributed by atoms with E-state index in [1.165, 1.54) is 0 Å². The molecule has 2 aromatic carbocycles. The van der Waals surface area contributed by atoms with Gasteiger partial charge in [-0.15, -0.1) is 0 Å². The normalized spacial score (nSPS) is 12.3. The SMILES string of the molecule is COc1ccc(Cl)cc1C(N)c1cc(Cl)ccc1Br. The van der Waals surface area contributed by atoms with Crippen LogP contribution < -0.4 is 10.5 Å². The number of ether oxygens (including phenoxy) is 1. The maximum atomic E-state index is 6.30. The van der Waals surface area contributed by atoms with E-state index in [2.05, 4.69) is 15.9 Å². The highest BCUT2D eigenvalue weighted by Crippen LogP contribution is 2.34. The van der Waals surface area contributed by atoms with Gasteiger partial charge in [-0.3, -0.25) is 0 Å². The van der Waals surface area contributed by atoms with Crippen LogP contribution in [0, 0.1) is 0 Å². The summed E-state index contributed by atoms with van der Waals surface area (Å²) in [7, 11) is 1.60. The molecule has 2 rings (SSSR count). The molecule has 0 aliphatic carbocycles. The minimum Gasteiger partial charge on any atom is -0.496 e. The smallest absolute Gasteiger partial charge is 0.124 e. The third-order valence-electron chi connectivity index (χ3n) is 2.82. The van der Waals surface area contributed by atoms with E-state index in [0.29, 0.717) is 15.8 Å². The Bertz CT molecular complexity index is 604. The molecule has 1 atom stereocenters. The first-order chi connectivity index (χ1) is 9.02. The number of methoxy groups -OCH3 is 1. The van der Waals surface area contributed by atoms with Crippen LogP contribution in [0.4, 0.5) is 0 Å². The molecule has 1 unspecified atom stereocenters. The lowest BCUT2D eigenvalue weighted by molar-refractivity contribution is 0.408. The van der Waals surface area contributed by atoms with Crippen molar-refractivity contribution in [3.63, 3.8) is 0 Å². The van der Waals surface area contributed by atoms with Crippen LogP contribution in [0.2, 0.25) is 10.0 Å². The van der Waals surface area contributed by atoms with Gasteiger partial charge in [0.15, 0.2) is 0 Å². The first-order valence-electron chi connectivity index (χ1n) is 5.57. The Labute approximate surface area is 130 Å². The van der Waals surface area contributed by atoms with Gasteiger partial charge in [-0.2, -0.15) is 0 Å². The second-order valence-corrected chi connectivity index (χ2v) is 5.76. The quantitative estimate of drug-likeness (QED) is 0.852. The van der Waals surface area contributed by atoms with Crippen molar-refractivity contribution < 1.29 is 4.74 Å². The molecule has 0 saturated carbocycles. The van der Waals surface area contributed by atoms with Crippen LogP contribution in [0.5, 0.6) is 5.75 Å². The van der Waals surface area contributed by atoms with Crippen LogP contribution in [0.15, 0.2) is 40.9 Å². The Balaban J connectivity index is 2.51. The Morgan fingerprint density at radius 2 is 1.63 bits per heavy atom. The lowest BCUT2D eigenvalue weighted by atomic mass is 9.99. The fourth-order valence-corrected chi connectivity index (χ4v) is 2.72. The summed E-state index contributed by atoms with van der Waals surface area (Å²) < 4.78 is 6.22. The van der Waals surface area contributed by atoms with E-state index in [-0.39, 0.29) is 6.04 Å². The van der Waals surface area contributed by atoms with E-state index in [9.17, 15) is 0 Å². The van der Waals surface area contributed by atoms with Crippen LogP contribution in [0.25, 0.3) is 0 Å². The van der Waals surface area contributed by atoms with Gasteiger partial charge in [-0.25, -0.2) is 0 Å². The minimum absolute atomic E-state index is 0.373. The molecular weight excluding hydrogens is 349 g/mol. The maximum absolute atomic E-state index is 6.30. The van der Waals surface area contributed by atoms with Crippen LogP contribution in [0.3, 0.4) is 0 Å². The van der Waals surface area contributed by atoms with Gasteiger partial charge in [0.25, 0.3) is 0 Å². The van der Waals surface area contributed by atoms with Crippen molar-refractivity contribution in [1.29, 1.82) is 0 Å². The highest BCUT2D eigenvalue weighted by Gasteiger charge is 2.17. The number of hydrogen-bond acceptors (Lipinski definition) is 2. The number of hydrogen-bond donors (Lipinski definition) is 1. The number of nitrogens with two attached hydrogens (primary N) is 1. The van der Waals surface area contributed by atoms with E-state index >= 15 is 0 Å². The zero-order valence-electron chi connectivity index (χ0n) is 10.2. The van der Waals surface area contributed by atoms with Gasteiger partial charge in [-0.05, 0) is 42.0 Å². The number of halogens is 3. The fraction of sp³-hybridized carbons (Fsp3) is 0.143. The zero-order chi connectivity index (χ0) is 14.0. The molecule has 0 bridgehead atoms. The number of benzene rings is 2. The van der Waals surface area contributed by atoms with Crippen LogP contribution in [-0.4, -0.2) is 7.11 Å². The second kappa shape index (κ2) is 6.14. The molecule has 0 amide bonds. The van der Waals surface area contributed by atoms with Gasteiger partial charge in [-0.1, -0.05) is 39.1 Å². The van der Waals surface area contributed by atoms with Crippen LogP contribution >= 0.6 is 39.1 Å². The average Bonchev–Trinajstić information content (AvgIpc) is 2.40. The molecule has 0 aliphatic rings. The van der Waals surface area contributed by atoms with Crippen molar-refractivity contribution >= 4 is 39.1 Å². The highest BCUT2D eigenvalue weighted by molar-refractivity contribution is 9.10. The standard InChI is InChI=1S/C14H12BrCl2NO/c1-19-13-5-3-9(17)7-11(13)14(18)10-6-8(16)2-4-12(10)15/h2-7,14H,18H2,1H3. The predicted molar refractivity (Wildman–Crippen MR) is 83.2 cm³/mol. The van der Waals surface area contributed by atoms with Gasteiger partial charge >= 0.3 is 0 Å². The summed E-state index contributed by atoms with van der Waals surface area (Å²) >= 11 is 15.5. The summed E-state index contributed by atoms with van der Waals surface area (Å²) in [5.41, 5.74) is 8.00. The van der Waals surface area contributed by atoms with E-state index in [4.69, 9.17) is 33.7 Å². The summed E-state index contributed by atoms with van der Waals surface area (Å²) in [6.07, 6.45) is 0. The molecule has 100 valence electrons. The largest absolute Gasteiger partial charge is 0.496 e. The highest BCUT2D eigenvalue weighted by atomic mass is 79.9. The molecule has 0 spiro atoms. The third-order valence-corrected chi connectivity index (χ3v) is 4.01. The molecule has 2 N–H and O–H groups in total. The van der Waals surface area contributed by atoms with E-state index in [0.717, 1.165) is 15.6 Å². The molecule has 2 nitrogen and oxygen atoms in total. The molecular formula is C14H12BrCl2NO. The van der Waals surface area contributed by atoms with E-state index in [1.54, 1.807) is 31.4 Å². The number of rotatable bonds is 3. The molecule has 0 saturated heterocycles. The third kappa shape index (κ3) is 3.23. The van der Waals surface area contributed by atoms with Crippen LogP contribution in [-0.2, 0) is 0 Å². The zero-order valence-corrected chi connectivity index (χ0v) is 13.3. The second-order valence-electron chi connectivity index (χ2n) is 4.03. The molecule has 0 fully saturated rings. The molecule has 0 radical (unpaired) electrons. The fourth-order valence-electron chi connectivity index (χ4n) is 1.87. The van der Waals surface area contributed by atoms with Crippen LogP contribution in [0.1, 0.15) is 17.2 Å². The van der Waals surface area contributed by atoms with Crippen molar-refractivity contribution in [2.45, 2.75) is 6.04 Å². The Morgan fingerprint density at radius 1 is 1.05 bits per heavy atom. The summed E-state index contributed by atoms with van der Waals surface area (Å²) in [4.78, 5) is 0. The Morgan fingerprint density at radius 3 is 2.26 bits per heavy atom. The Hall–Kier alpha value is -0.740. The molecule has 0 heterocycles. The van der Waals surface area contributed by atoms with Crippen molar-refractivity contribution in [2.24, 2.45) is 5.73 Å².